The van der Waals surface area contributed by atoms with Gasteiger partial charge in [-0.25, -0.2) is 4.79 Å². The van der Waals surface area contributed by atoms with E-state index in [4.69, 9.17) is 26.8 Å². The molecule has 0 aromatic rings. The lowest BCUT2D eigenvalue weighted by Crippen LogP contribution is -2.59. The maximum absolute atomic E-state index is 12.7. The molecule has 0 spiro atoms. The lowest BCUT2D eigenvalue weighted by Gasteiger charge is -2.26. The molecule has 0 saturated carbocycles. The van der Waals surface area contributed by atoms with Gasteiger partial charge in [-0.2, -0.15) is 0 Å². The highest BCUT2D eigenvalue weighted by Crippen LogP contribution is 2.07. The Kier molecular flexibility index (Phi) is 12.7. The summed E-state index contributed by atoms with van der Waals surface area (Å²) >= 11 is 0. The molecule has 4 atom stereocenters. The van der Waals surface area contributed by atoms with Crippen LogP contribution in [-0.2, 0) is 19.2 Å². The van der Waals surface area contributed by atoms with Gasteiger partial charge in [0.05, 0.1) is 13.2 Å². The number of unbranched alkanes of at least 4 members (excludes halogenated alkanes) is 1. The van der Waals surface area contributed by atoms with E-state index in [0.29, 0.717) is 19.4 Å². The number of nitrogens with two attached hydrogens (primary N) is 2. The Labute approximate surface area is 169 Å². The second-order valence-corrected chi connectivity index (χ2v) is 6.95. The number of nitrogens with one attached hydrogen (secondary N) is 3. The molecule has 0 rings (SSSR count). The number of aliphatic carboxylic acids is 1. The van der Waals surface area contributed by atoms with Crippen LogP contribution in [0, 0.1) is 5.92 Å². The molecule has 0 aromatic carbocycles. The van der Waals surface area contributed by atoms with Gasteiger partial charge in [-0.15, -0.1) is 0 Å². The summed E-state index contributed by atoms with van der Waals surface area (Å²) in [4.78, 5) is 48.0. The minimum atomic E-state index is -1.51. The van der Waals surface area contributed by atoms with E-state index in [-0.39, 0.29) is 6.42 Å². The molecule has 0 aliphatic carbocycles. The summed E-state index contributed by atoms with van der Waals surface area (Å²) in [5.41, 5.74) is 10.9. The van der Waals surface area contributed by atoms with Crippen LogP contribution in [0.4, 0.5) is 0 Å². The molecular formula is C17H33N5O7. The zero-order valence-corrected chi connectivity index (χ0v) is 16.8. The van der Waals surface area contributed by atoms with Gasteiger partial charge in [0.15, 0.2) is 0 Å². The van der Waals surface area contributed by atoms with Gasteiger partial charge >= 0.3 is 5.97 Å². The number of hydrogen-bond donors (Lipinski definition) is 8. The lowest BCUT2D eigenvalue weighted by atomic mass is 10.0. The van der Waals surface area contributed by atoms with Crippen LogP contribution in [0.5, 0.6) is 0 Å². The molecule has 0 fully saturated rings. The monoisotopic (exact) mass is 419 g/mol. The molecule has 4 unspecified atom stereocenters. The second-order valence-electron chi connectivity index (χ2n) is 6.95. The fraction of sp³-hybridized carbons (Fsp3) is 0.765. The summed E-state index contributed by atoms with van der Waals surface area (Å²) in [6, 6.07) is -4.83. The van der Waals surface area contributed by atoms with Crippen molar-refractivity contribution in [1.29, 1.82) is 0 Å². The molecule has 0 aliphatic rings. The number of carboxylic acids is 1. The average Bonchev–Trinajstić information content (AvgIpc) is 2.67. The Hall–Kier alpha value is -2.28. The molecule has 12 heteroatoms. The van der Waals surface area contributed by atoms with Crippen LogP contribution in [0.3, 0.4) is 0 Å². The number of carbonyl (C=O) groups is 4. The van der Waals surface area contributed by atoms with E-state index in [1.54, 1.807) is 13.8 Å². The Morgan fingerprint density at radius 1 is 0.862 bits per heavy atom. The van der Waals surface area contributed by atoms with E-state index in [0.717, 1.165) is 0 Å². The molecule has 29 heavy (non-hydrogen) atoms. The van der Waals surface area contributed by atoms with Crippen LogP contribution in [-0.4, -0.2) is 82.9 Å². The molecule has 0 radical (unpaired) electrons. The first-order chi connectivity index (χ1) is 13.6. The minimum Gasteiger partial charge on any atom is -0.480 e. The van der Waals surface area contributed by atoms with Crippen molar-refractivity contribution in [2.75, 3.05) is 19.8 Å². The van der Waals surface area contributed by atoms with Gasteiger partial charge in [-0.05, 0) is 31.7 Å². The highest BCUT2D eigenvalue weighted by Gasteiger charge is 2.31. The number of aliphatic hydroxyl groups excluding tert-OH is 2. The van der Waals surface area contributed by atoms with Gasteiger partial charge < -0.3 is 42.7 Å². The maximum atomic E-state index is 12.7. The topological polar surface area (TPSA) is 217 Å². The summed E-state index contributed by atoms with van der Waals surface area (Å²) in [6.45, 7) is 2.27. The minimum absolute atomic E-state index is 0.230. The Morgan fingerprint density at radius 2 is 1.45 bits per heavy atom. The molecular weight excluding hydrogens is 386 g/mol. The number of rotatable bonds is 14. The first kappa shape index (κ1) is 26.7. The summed E-state index contributed by atoms with van der Waals surface area (Å²) in [6.07, 6.45) is 1.36. The fourth-order valence-electron chi connectivity index (χ4n) is 2.36. The molecule has 0 aliphatic heterocycles. The Morgan fingerprint density at radius 3 is 1.90 bits per heavy atom. The van der Waals surface area contributed by atoms with E-state index >= 15 is 0 Å². The van der Waals surface area contributed by atoms with E-state index in [1.807, 2.05) is 0 Å². The number of aliphatic hydroxyl groups is 2. The highest BCUT2D eigenvalue weighted by atomic mass is 16.4. The van der Waals surface area contributed by atoms with Gasteiger partial charge in [0.25, 0.3) is 0 Å². The van der Waals surface area contributed by atoms with Gasteiger partial charge in [-0.3, -0.25) is 14.4 Å². The third-order valence-corrected chi connectivity index (χ3v) is 4.16. The van der Waals surface area contributed by atoms with Crippen LogP contribution >= 0.6 is 0 Å². The molecule has 0 saturated heterocycles. The smallest absolute Gasteiger partial charge is 0.328 e. The number of carboxylic acid groups (broad SMARTS) is 1. The van der Waals surface area contributed by atoms with Crippen molar-refractivity contribution >= 4 is 23.7 Å². The van der Waals surface area contributed by atoms with Crippen molar-refractivity contribution in [2.45, 2.75) is 57.3 Å². The largest absolute Gasteiger partial charge is 0.480 e. The van der Waals surface area contributed by atoms with Crippen molar-refractivity contribution in [3.05, 3.63) is 0 Å². The van der Waals surface area contributed by atoms with Crippen molar-refractivity contribution in [3.8, 4) is 0 Å². The predicted molar refractivity (Wildman–Crippen MR) is 103 cm³/mol. The highest BCUT2D eigenvalue weighted by molar-refractivity contribution is 5.94. The molecule has 0 bridgehead atoms. The van der Waals surface area contributed by atoms with E-state index in [1.165, 1.54) is 0 Å². The van der Waals surface area contributed by atoms with Crippen LogP contribution < -0.4 is 27.4 Å². The average molecular weight is 419 g/mol. The third-order valence-electron chi connectivity index (χ3n) is 4.16. The van der Waals surface area contributed by atoms with E-state index < -0.39 is 67.0 Å². The lowest BCUT2D eigenvalue weighted by molar-refractivity contribution is -0.143. The van der Waals surface area contributed by atoms with Crippen molar-refractivity contribution < 1.29 is 34.5 Å². The zero-order valence-electron chi connectivity index (χ0n) is 16.8. The first-order valence-corrected chi connectivity index (χ1v) is 9.40. The van der Waals surface area contributed by atoms with Gasteiger partial charge in [-0.1, -0.05) is 13.8 Å². The third kappa shape index (κ3) is 9.65. The summed E-state index contributed by atoms with van der Waals surface area (Å²) in [5, 5.41) is 34.1. The summed E-state index contributed by atoms with van der Waals surface area (Å²) in [5.74, 6) is -4.00. The Bertz CT molecular complexity index is 558. The van der Waals surface area contributed by atoms with Gasteiger partial charge in [0.2, 0.25) is 17.7 Å². The maximum Gasteiger partial charge on any atom is 0.328 e. The number of carbonyl (C=O) groups excluding carboxylic acids is 3. The molecule has 12 nitrogen and oxygen atoms in total. The fourth-order valence-corrected chi connectivity index (χ4v) is 2.36. The van der Waals surface area contributed by atoms with Gasteiger partial charge in [0, 0.05) is 0 Å². The second kappa shape index (κ2) is 13.8. The SMILES string of the molecule is CC(C)C(NC(=O)C(CCCCN)NC(=O)C(N)CO)C(=O)NC(CO)C(=O)O. The standard InChI is InChI=1S/C17H33N5O7/c1-9(2)13(16(27)21-12(8-24)17(28)29)22-15(26)11(5-3-4-6-18)20-14(25)10(19)7-23/h9-13,23-24H,3-8,18-19H2,1-2H3,(H,20,25)(H,21,27)(H,22,26)(H,28,29). The van der Waals surface area contributed by atoms with E-state index in [9.17, 15) is 19.2 Å². The van der Waals surface area contributed by atoms with E-state index in [2.05, 4.69) is 16.0 Å². The Balaban J connectivity index is 5.27. The molecule has 0 heterocycles. The van der Waals surface area contributed by atoms with Crippen molar-refractivity contribution in [2.24, 2.45) is 17.4 Å². The molecule has 0 aromatic heterocycles. The first-order valence-electron chi connectivity index (χ1n) is 9.40. The molecule has 10 N–H and O–H groups in total. The normalized spacial score (nSPS) is 15.1. The van der Waals surface area contributed by atoms with Crippen LogP contribution in [0.1, 0.15) is 33.1 Å². The summed E-state index contributed by atoms with van der Waals surface area (Å²) < 4.78 is 0. The van der Waals surface area contributed by atoms with Crippen LogP contribution in [0.25, 0.3) is 0 Å². The van der Waals surface area contributed by atoms with Crippen molar-refractivity contribution in [1.82, 2.24) is 16.0 Å². The molecule has 3 amide bonds. The van der Waals surface area contributed by atoms with Crippen LogP contribution in [0.2, 0.25) is 0 Å². The molecule has 168 valence electrons. The zero-order chi connectivity index (χ0) is 22.6. The number of hydrogen-bond acceptors (Lipinski definition) is 8. The van der Waals surface area contributed by atoms with Crippen LogP contribution in [0.15, 0.2) is 0 Å². The van der Waals surface area contributed by atoms with Crippen molar-refractivity contribution in [3.63, 3.8) is 0 Å². The van der Waals surface area contributed by atoms with Gasteiger partial charge in [0.1, 0.15) is 24.2 Å². The quantitative estimate of drug-likeness (QED) is 0.131. The summed E-state index contributed by atoms with van der Waals surface area (Å²) in [7, 11) is 0. The predicted octanol–water partition coefficient (Wildman–Crippen LogP) is -3.38. The number of amides is 3.